The zero-order valence-corrected chi connectivity index (χ0v) is 7.54. The molecule has 0 aliphatic carbocycles. The Kier molecular flexibility index (Phi) is 3.25. The van der Waals surface area contributed by atoms with Gasteiger partial charge in [-0.1, -0.05) is 0 Å². The maximum absolute atomic E-state index is 11.3. The zero-order chi connectivity index (χ0) is 9.84. The highest BCUT2D eigenvalue weighted by atomic mass is 16.4. The van der Waals surface area contributed by atoms with Gasteiger partial charge in [-0.05, 0) is 26.3 Å². The molecule has 0 aromatic carbocycles. The van der Waals surface area contributed by atoms with Crippen LogP contribution in [0.1, 0.15) is 19.8 Å². The average molecular weight is 186 g/mol. The van der Waals surface area contributed by atoms with E-state index in [2.05, 4.69) is 10.6 Å². The fourth-order valence-electron chi connectivity index (χ4n) is 1.28. The topological polar surface area (TPSA) is 78.4 Å². The second-order valence-corrected chi connectivity index (χ2v) is 3.22. The van der Waals surface area contributed by atoms with Gasteiger partial charge in [-0.15, -0.1) is 0 Å². The number of amides is 1. The van der Waals surface area contributed by atoms with E-state index in [0.717, 1.165) is 19.4 Å². The van der Waals surface area contributed by atoms with Gasteiger partial charge >= 0.3 is 5.97 Å². The Morgan fingerprint density at radius 3 is 2.77 bits per heavy atom. The van der Waals surface area contributed by atoms with E-state index in [-0.39, 0.29) is 11.9 Å². The van der Waals surface area contributed by atoms with E-state index in [9.17, 15) is 9.59 Å². The van der Waals surface area contributed by atoms with Crippen molar-refractivity contribution in [3.8, 4) is 0 Å². The Labute approximate surface area is 76.5 Å². The van der Waals surface area contributed by atoms with Crippen molar-refractivity contribution < 1.29 is 14.7 Å². The maximum Gasteiger partial charge on any atom is 0.325 e. The molecule has 0 aromatic heterocycles. The predicted octanol–water partition coefficient (Wildman–Crippen LogP) is -0.672. The van der Waals surface area contributed by atoms with Crippen LogP contribution in [-0.2, 0) is 9.59 Å². The minimum absolute atomic E-state index is 0.207. The van der Waals surface area contributed by atoms with Crippen molar-refractivity contribution in [3.63, 3.8) is 0 Å². The summed E-state index contributed by atoms with van der Waals surface area (Å²) in [5.74, 6) is -1.22. The Morgan fingerprint density at radius 1 is 1.62 bits per heavy atom. The predicted molar refractivity (Wildman–Crippen MR) is 46.3 cm³/mol. The van der Waals surface area contributed by atoms with E-state index < -0.39 is 12.0 Å². The summed E-state index contributed by atoms with van der Waals surface area (Å²) in [6.45, 7) is 2.29. The van der Waals surface area contributed by atoms with Crippen LogP contribution in [0.3, 0.4) is 0 Å². The first kappa shape index (κ1) is 9.98. The molecule has 3 N–H and O–H groups in total. The average Bonchev–Trinajstić information content (AvgIpc) is 2.55. The first-order valence-corrected chi connectivity index (χ1v) is 4.38. The molecule has 1 amide bonds. The smallest absolute Gasteiger partial charge is 0.325 e. The van der Waals surface area contributed by atoms with E-state index in [4.69, 9.17) is 5.11 Å². The van der Waals surface area contributed by atoms with Crippen molar-refractivity contribution in [2.45, 2.75) is 31.8 Å². The monoisotopic (exact) mass is 186 g/mol. The van der Waals surface area contributed by atoms with Crippen molar-refractivity contribution in [3.05, 3.63) is 0 Å². The molecule has 1 aliphatic rings. The summed E-state index contributed by atoms with van der Waals surface area (Å²) in [4.78, 5) is 21.7. The second-order valence-electron chi connectivity index (χ2n) is 3.22. The first-order valence-electron chi connectivity index (χ1n) is 4.38. The van der Waals surface area contributed by atoms with Gasteiger partial charge in [-0.25, -0.2) is 0 Å². The molecule has 0 unspecified atom stereocenters. The van der Waals surface area contributed by atoms with Crippen LogP contribution in [-0.4, -0.2) is 35.6 Å². The van der Waals surface area contributed by atoms with Gasteiger partial charge in [-0.2, -0.15) is 0 Å². The molecule has 0 spiro atoms. The van der Waals surface area contributed by atoms with E-state index in [1.807, 2.05) is 0 Å². The van der Waals surface area contributed by atoms with Crippen molar-refractivity contribution >= 4 is 11.9 Å². The molecule has 0 saturated carbocycles. The fourth-order valence-corrected chi connectivity index (χ4v) is 1.28. The van der Waals surface area contributed by atoms with Crippen LogP contribution in [0.4, 0.5) is 0 Å². The number of nitrogens with one attached hydrogen (secondary N) is 2. The standard InChI is InChI=1S/C8H14N2O3/c1-5(8(12)13)10-7(11)6-3-2-4-9-6/h5-6,9H,2-4H2,1H3,(H,10,11)(H,12,13)/t5-,6+/m0/s1. The van der Waals surface area contributed by atoms with Gasteiger partial charge in [0.15, 0.2) is 0 Å². The van der Waals surface area contributed by atoms with Crippen molar-refractivity contribution in [1.82, 2.24) is 10.6 Å². The minimum Gasteiger partial charge on any atom is -0.480 e. The molecule has 74 valence electrons. The highest BCUT2D eigenvalue weighted by Gasteiger charge is 2.24. The first-order chi connectivity index (χ1) is 6.11. The molecule has 5 heteroatoms. The molecule has 1 rings (SSSR count). The number of rotatable bonds is 3. The molecule has 0 radical (unpaired) electrons. The lowest BCUT2D eigenvalue weighted by molar-refractivity contribution is -0.141. The van der Waals surface area contributed by atoms with Crippen LogP contribution in [0.15, 0.2) is 0 Å². The largest absolute Gasteiger partial charge is 0.480 e. The Hall–Kier alpha value is -1.10. The van der Waals surface area contributed by atoms with E-state index >= 15 is 0 Å². The number of carboxylic acids is 1. The third-order valence-electron chi connectivity index (χ3n) is 2.11. The third-order valence-corrected chi connectivity index (χ3v) is 2.11. The van der Waals surface area contributed by atoms with Crippen molar-refractivity contribution in [2.75, 3.05) is 6.54 Å². The number of carbonyl (C=O) groups is 2. The molecule has 0 aromatic rings. The van der Waals surface area contributed by atoms with Gasteiger partial charge in [0, 0.05) is 0 Å². The van der Waals surface area contributed by atoms with Crippen molar-refractivity contribution in [1.29, 1.82) is 0 Å². The van der Waals surface area contributed by atoms with Crippen LogP contribution in [0.5, 0.6) is 0 Å². The summed E-state index contributed by atoms with van der Waals surface area (Å²) in [5, 5.41) is 14.0. The normalized spacial score (nSPS) is 23.9. The summed E-state index contributed by atoms with van der Waals surface area (Å²) < 4.78 is 0. The number of carbonyl (C=O) groups excluding carboxylic acids is 1. The third kappa shape index (κ3) is 2.69. The van der Waals surface area contributed by atoms with Gasteiger partial charge < -0.3 is 15.7 Å². The van der Waals surface area contributed by atoms with Crippen LogP contribution in [0.25, 0.3) is 0 Å². The quantitative estimate of drug-likeness (QED) is 0.546. The highest BCUT2D eigenvalue weighted by molar-refractivity contribution is 5.86. The van der Waals surface area contributed by atoms with Gasteiger partial charge in [0.2, 0.25) is 5.91 Å². The number of aliphatic carboxylic acids is 1. The number of carboxylic acid groups (broad SMARTS) is 1. The highest BCUT2D eigenvalue weighted by Crippen LogP contribution is 2.04. The lowest BCUT2D eigenvalue weighted by atomic mass is 10.2. The summed E-state index contributed by atoms with van der Waals surface area (Å²) in [6.07, 6.45) is 1.76. The molecule has 0 bridgehead atoms. The summed E-state index contributed by atoms with van der Waals surface area (Å²) in [6, 6.07) is -1.02. The van der Waals surface area contributed by atoms with Crippen LogP contribution < -0.4 is 10.6 Å². The number of hydrogen-bond acceptors (Lipinski definition) is 3. The molecule has 1 aliphatic heterocycles. The Bertz CT molecular complexity index is 211. The van der Waals surface area contributed by atoms with Gasteiger partial charge in [-0.3, -0.25) is 9.59 Å². The SMILES string of the molecule is C[C@H](NC(=O)[C@H]1CCCN1)C(=O)O. The zero-order valence-electron chi connectivity index (χ0n) is 7.54. The Morgan fingerprint density at radius 2 is 2.31 bits per heavy atom. The Balaban J connectivity index is 2.35. The molecule has 5 nitrogen and oxygen atoms in total. The van der Waals surface area contributed by atoms with Crippen LogP contribution in [0, 0.1) is 0 Å². The van der Waals surface area contributed by atoms with E-state index in [1.54, 1.807) is 0 Å². The number of hydrogen-bond donors (Lipinski definition) is 3. The second kappa shape index (κ2) is 4.23. The summed E-state index contributed by atoms with van der Waals surface area (Å²) in [5.41, 5.74) is 0. The molecule has 13 heavy (non-hydrogen) atoms. The molecule has 1 saturated heterocycles. The lowest BCUT2D eigenvalue weighted by Gasteiger charge is -2.13. The summed E-state index contributed by atoms with van der Waals surface area (Å²) in [7, 11) is 0. The molecular formula is C8H14N2O3. The fraction of sp³-hybridized carbons (Fsp3) is 0.750. The van der Waals surface area contributed by atoms with Crippen LogP contribution in [0.2, 0.25) is 0 Å². The molecule has 2 atom stereocenters. The van der Waals surface area contributed by atoms with Gasteiger partial charge in [0.05, 0.1) is 6.04 Å². The van der Waals surface area contributed by atoms with E-state index in [1.165, 1.54) is 6.92 Å². The maximum atomic E-state index is 11.3. The van der Waals surface area contributed by atoms with Crippen LogP contribution >= 0.6 is 0 Å². The summed E-state index contributed by atoms with van der Waals surface area (Å²) >= 11 is 0. The van der Waals surface area contributed by atoms with Gasteiger partial charge in [0.1, 0.15) is 6.04 Å². The van der Waals surface area contributed by atoms with Crippen molar-refractivity contribution in [2.24, 2.45) is 0 Å². The molecule has 1 fully saturated rings. The molecular weight excluding hydrogens is 172 g/mol. The minimum atomic E-state index is -1.01. The van der Waals surface area contributed by atoms with Gasteiger partial charge in [0.25, 0.3) is 0 Å². The van der Waals surface area contributed by atoms with E-state index in [0.29, 0.717) is 0 Å². The molecule has 1 heterocycles. The lowest BCUT2D eigenvalue weighted by Crippen LogP contribution is -2.46.